The van der Waals surface area contributed by atoms with Gasteiger partial charge in [-0.25, -0.2) is 4.79 Å². The van der Waals surface area contributed by atoms with E-state index in [1.165, 1.54) is 0 Å². The van der Waals surface area contributed by atoms with Crippen molar-refractivity contribution in [2.75, 3.05) is 26.7 Å². The first-order valence-corrected chi connectivity index (χ1v) is 5.06. The van der Waals surface area contributed by atoms with Crippen LogP contribution in [0.3, 0.4) is 0 Å². The third-order valence-corrected chi connectivity index (χ3v) is 2.50. The number of carbonyl (C=O) groups is 1. The second kappa shape index (κ2) is 5.17. The number of carbonyl (C=O) groups excluding carboxylic acids is 1. The van der Waals surface area contributed by atoms with Gasteiger partial charge in [0.15, 0.2) is 0 Å². The maximum absolute atomic E-state index is 11.5. The van der Waals surface area contributed by atoms with Gasteiger partial charge in [0.05, 0.1) is 12.1 Å². The number of amides is 2. The minimum Gasteiger partial charge on any atom is -0.390 e. The number of urea groups is 1. The van der Waals surface area contributed by atoms with Gasteiger partial charge in [0.2, 0.25) is 0 Å². The molecule has 1 heterocycles. The van der Waals surface area contributed by atoms with Crippen LogP contribution in [0.2, 0.25) is 0 Å². The summed E-state index contributed by atoms with van der Waals surface area (Å²) in [5, 5.41) is 15.4. The molecule has 0 aromatic heterocycles. The summed E-state index contributed by atoms with van der Waals surface area (Å²) >= 11 is 0. The molecule has 0 saturated carbocycles. The summed E-state index contributed by atoms with van der Waals surface area (Å²) in [7, 11) is 1.71. The predicted octanol–water partition coefficient (Wildman–Crippen LogP) is -0.629. The second-order valence-corrected chi connectivity index (χ2v) is 3.64. The first-order chi connectivity index (χ1) is 6.66. The van der Waals surface area contributed by atoms with Crippen LogP contribution in [0.15, 0.2) is 0 Å². The zero-order chi connectivity index (χ0) is 10.6. The Morgan fingerprint density at radius 1 is 1.64 bits per heavy atom. The normalized spacial score (nSPS) is 26.2. The molecule has 1 aliphatic heterocycles. The predicted molar refractivity (Wildman–Crippen MR) is 54.1 cm³/mol. The lowest BCUT2D eigenvalue weighted by molar-refractivity contribution is 0.110. The van der Waals surface area contributed by atoms with E-state index >= 15 is 0 Å². The van der Waals surface area contributed by atoms with E-state index in [9.17, 15) is 9.90 Å². The molecule has 0 radical (unpaired) electrons. The average molecular weight is 201 g/mol. The van der Waals surface area contributed by atoms with Gasteiger partial charge in [0.1, 0.15) is 0 Å². The first-order valence-electron chi connectivity index (χ1n) is 5.06. The van der Waals surface area contributed by atoms with E-state index in [1.54, 1.807) is 11.9 Å². The van der Waals surface area contributed by atoms with Gasteiger partial charge in [0, 0.05) is 26.7 Å². The highest BCUT2D eigenvalue weighted by Crippen LogP contribution is 2.07. The number of rotatable bonds is 3. The topological polar surface area (TPSA) is 64.6 Å². The molecule has 0 unspecified atom stereocenters. The number of hydrogen-bond donors (Lipinski definition) is 3. The van der Waals surface area contributed by atoms with Crippen molar-refractivity contribution in [1.29, 1.82) is 0 Å². The van der Waals surface area contributed by atoms with Crippen molar-refractivity contribution in [3.63, 3.8) is 0 Å². The third-order valence-electron chi connectivity index (χ3n) is 2.50. The molecule has 1 fully saturated rings. The van der Waals surface area contributed by atoms with Gasteiger partial charge in [0.25, 0.3) is 0 Å². The van der Waals surface area contributed by atoms with E-state index in [1.807, 2.05) is 6.92 Å². The highest BCUT2D eigenvalue weighted by Gasteiger charge is 2.30. The van der Waals surface area contributed by atoms with E-state index in [-0.39, 0.29) is 12.1 Å². The Kier molecular flexibility index (Phi) is 4.16. The van der Waals surface area contributed by atoms with Crippen molar-refractivity contribution < 1.29 is 9.90 Å². The van der Waals surface area contributed by atoms with Crippen LogP contribution in [-0.4, -0.2) is 54.9 Å². The summed E-state index contributed by atoms with van der Waals surface area (Å²) in [6.07, 6.45) is 0.470. The van der Waals surface area contributed by atoms with E-state index in [0.717, 1.165) is 6.42 Å². The van der Waals surface area contributed by atoms with Crippen LogP contribution in [0.1, 0.15) is 13.3 Å². The van der Waals surface area contributed by atoms with E-state index < -0.39 is 6.10 Å². The van der Waals surface area contributed by atoms with Crippen molar-refractivity contribution in [3.05, 3.63) is 0 Å². The molecule has 1 saturated heterocycles. The minimum absolute atomic E-state index is 0.105. The van der Waals surface area contributed by atoms with Gasteiger partial charge in [-0.3, -0.25) is 0 Å². The summed E-state index contributed by atoms with van der Waals surface area (Å²) in [5.74, 6) is 0. The molecular weight excluding hydrogens is 182 g/mol. The summed E-state index contributed by atoms with van der Waals surface area (Å²) in [4.78, 5) is 13.1. The van der Waals surface area contributed by atoms with Gasteiger partial charge >= 0.3 is 6.03 Å². The quantitative estimate of drug-likeness (QED) is 0.569. The lowest BCUT2D eigenvalue weighted by Crippen LogP contribution is -2.48. The molecule has 0 aromatic rings. The van der Waals surface area contributed by atoms with E-state index in [0.29, 0.717) is 19.6 Å². The van der Waals surface area contributed by atoms with Crippen molar-refractivity contribution >= 4 is 6.03 Å². The maximum Gasteiger partial charge on any atom is 0.317 e. The molecule has 2 atom stereocenters. The van der Waals surface area contributed by atoms with Crippen LogP contribution < -0.4 is 10.6 Å². The third kappa shape index (κ3) is 2.59. The fourth-order valence-electron chi connectivity index (χ4n) is 1.55. The average Bonchev–Trinajstić information content (AvgIpc) is 2.59. The number of aliphatic hydroxyl groups is 1. The molecule has 1 rings (SSSR count). The Labute approximate surface area is 84.5 Å². The lowest BCUT2D eigenvalue weighted by Gasteiger charge is -2.26. The molecule has 2 amide bonds. The molecule has 0 aromatic carbocycles. The van der Waals surface area contributed by atoms with Gasteiger partial charge in [-0.1, -0.05) is 6.92 Å². The summed E-state index contributed by atoms with van der Waals surface area (Å²) in [5.41, 5.74) is 0. The molecule has 0 aliphatic carbocycles. The zero-order valence-corrected chi connectivity index (χ0v) is 8.79. The molecule has 3 N–H and O–H groups in total. The summed E-state index contributed by atoms with van der Waals surface area (Å²) in [6, 6.07) is -0.216. The fraction of sp³-hybridized carbons (Fsp3) is 0.889. The van der Waals surface area contributed by atoms with Crippen LogP contribution in [0.5, 0.6) is 0 Å². The Morgan fingerprint density at radius 2 is 2.36 bits per heavy atom. The monoisotopic (exact) mass is 201 g/mol. The Hall–Kier alpha value is -0.810. The first kappa shape index (κ1) is 11.3. The highest BCUT2D eigenvalue weighted by molar-refractivity contribution is 5.74. The number of nitrogens with zero attached hydrogens (tertiary/aromatic N) is 1. The van der Waals surface area contributed by atoms with Crippen molar-refractivity contribution in [2.24, 2.45) is 0 Å². The number of nitrogens with one attached hydrogen (secondary N) is 2. The van der Waals surface area contributed by atoms with Gasteiger partial charge in [-0.05, 0) is 6.42 Å². The fourth-order valence-corrected chi connectivity index (χ4v) is 1.55. The molecule has 5 heteroatoms. The molecule has 1 aliphatic rings. The number of aliphatic hydroxyl groups excluding tert-OH is 1. The van der Waals surface area contributed by atoms with Crippen molar-refractivity contribution in [3.8, 4) is 0 Å². The Bertz CT molecular complexity index is 198. The van der Waals surface area contributed by atoms with Crippen LogP contribution in [0, 0.1) is 0 Å². The van der Waals surface area contributed by atoms with Crippen LogP contribution in [-0.2, 0) is 0 Å². The standard InChI is InChI=1S/C9H19N3O2/c1-3-4-11-9(14)12(2)7-5-10-6-8(7)13/h7-8,10,13H,3-6H2,1-2H3,(H,11,14)/t7-,8-/m0/s1. The van der Waals surface area contributed by atoms with Crippen LogP contribution >= 0.6 is 0 Å². The zero-order valence-electron chi connectivity index (χ0n) is 8.79. The molecule has 0 spiro atoms. The number of β-amino-alcohol motifs (C(OH)–C–C–N with tert-alkyl or cyclic N) is 1. The highest BCUT2D eigenvalue weighted by atomic mass is 16.3. The van der Waals surface area contributed by atoms with Crippen molar-refractivity contribution in [1.82, 2.24) is 15.5 Å². The lowest BCUT2D eigenvalue weighted by atomic mass is 10.2. The van der Waals surface area contributed by atoms with E-state index in [4.69, 9.17) is 0 Å². The van der Waals surface area contributed by atoms with Crippen LogP contribution in [0.4, 0.5) is 4.79 Å². The molecule has 0 bridgehead atoms. The second-order valence-electron chi connectivity index (χ2n) is 3.64. The largest absolute Gasteiger partial charge is 0.390 e. The number of likely N-dealkylation sites (N-methyl/N-ethyl adjacent to an activating group) is 1. The van der Waals surface area contributed by atoms with Gasteiger partial charge in [-0.2, -0.15) is 0 Å². The molecule has 82 valence electrons. The van der Waals surface area contributed by atoms with Crippen LogP contribution in [0.25, 0.3) is 0 Å². The van der Waals surface area contributed by atoms with E-state index in [2.05, 4.69) is 10.6 Å². The molecule has 14 heavy (non-hydrogen) atoms. The summed E-state index contributed by atoms with van der Waals surface area (Å²) in [6.45, 7) is 3.92. The van der Waals surface area contributed by atoms with Gasteiger partial charge in [-0.15, -0.1) is 0 Å². The number of hydrogen-bond acceptors (Lipinski definition) is 3. The smallest absolute Gasteiger partial charge is 0.317 e. The Balaban J connectivity index is 2.39. The van der Waals surface area contributed by atoms with Crippen molar-refractivity contribution in [2.45, 2.75) is 25.5 Å². The summed E-state index contributed by atoms with van der Waals surface area (Å²) < 4.78 is 0. The SMILES string of the molecule is CCCNC(=O)N(C)[C@H]1CNC[C@@H]1O. The minimum atomic E-state index is -0.452. The molecule has 5 nitrogen and oxygen atoms in total. The van der Waals surface area contributed by atoms with Gasteiger partial charge < -0.3 is 20.6 Å². The Morgan fingerprint density at radius 3 is 2.86 bits per heavy atom. The molecular formula is C9H19N3O2. The maximum atomic E-state index is 11.5.